The summed E-state index contributed by atoms with van der Waals surface area (Å²) in [7, 11) is 2.37. The zero-order valence-corrected chi connectivity index (χ0v) is 22.3. The Kier molecular flexibility index (Phi) is 29.8. The van der Waals surface area contributed by atoms with Gasteiger partial charge in [-0.25, -0.2) is 0 Å². The van der Waals surface area contributed by atoms with Gasteiger partial charge in [0.2, 0.25) is 0 Å². The molecule has 4 nitrogen and oxygen atoms in total. The number of hydrogen-bond acceptors (Lipinski definition) is 3. The van der Waals surface area contributed by atoms with E-state index < -0.39 is 6.47 Å². The maximum Gasteiger partial charge on any atom is 0.102 e. The van der Waals surface area contributed by atoms with Gasteiger partial charge in [-0.1, -0.05) is 117 Å². The number of carboxylic acid groups (broad SMARTS) is 1. The minimum Gasteiger partial charge on any atom is -0.554 e. The molecule has 0 amide bonds. The maximum atomic E-state index is 9.51. The van der Waals surface area contributed by atoms with Crippen molar-refractivity contribution in [2.24, 2.45) is 0 Å². The molecule has 0 saturated carbocycles. The molecule has 194 valence electrons. The molecule has 32 heavy (non-hydrogen) atoms. The highest BCUT2D eigenvalue weighted by molar-refractivity contribution is 5.29. The van der Waals surface area contributed by atoms with Gasteiger partial charge in [-0.2, -0.15) is 0 Å². The quantitative estimate of drug-likeness (QED) is 0.100. The van der Waals surface area contributed by atoms with Crippen LogP contribution in [-0.4, -0.2) is 49.4 Å². The van der Waals surface area contributed by atoms with Crippen molar-refractivity contribution in [2.75, 3.05) is 33.3 Å². The smallest absolute Gasteiger partial charge is 0.102 e. The van der Waals surface area contributed by atoms with E-state index in [1.807, 2.05) is 0 Å². The number of hydrogen-bond donors (Lipinski definition) is 1. The lowest BCUT2D eigenvalue weighted by atomic mass is 10.1. The van der Waals surface area contributed by atoms with Crippen LogP contribution in [0, 0.1) is 0 Å². The summed E-state index contributed by atoms with van der Waals surface area (Å²) in [6.45, 7) is 7.88. The van der Waals surface area contributed by atoms with Gasteiger partial charge in [-0.3, -0.25) is 0 Å². The molecule has 0 aromatic heterocycles. The fraction of sp³-hybridized carbons (Fsp3) is 0.964. The van der Waals surface area contributed by atoms with Crippen molar-refractivity contribution in [3.05, 3.63) is 0 Å². The number of nitrogens with zero attached hydrogens (tertiary/aromatic N) is 1. The van der Waals surface area contributed by atoms with Crippen molar-refractivity contribution in [1.29, 1.82) is 0 Å². The van der Waals surface area contributed by atoms with Crippen LogP contribution in [-0.2, 0) is 4.79 Å². The molecule has 0 rings (SSSR count). The third kappa shape index (κ3) is 27.4. The van der Waals surface area contributed by atoms with Gasteiger partial charge in [0.15, 0.2) is 0 Å². The molecule has 0 aliphatic carbocycles. The molecule has 0 aliphatic rings. The topological polar surface area (TPSA) is 60.4 Å². The summed E-state index contributed by atoms with van der Waals surface area (Å²) in [5.41, 5.74) is 0. The predicted molar refractivity (Wildman–Crippen MR) is 138 cm³/mol. The highest BCUT2D eigenvalue weighted by Gasteiger charge is 2.19. The lowest BCUT2D eigenvalue weighted by Gasteiger charge is -2.34. The summed E-state index contributed by atoms with van der Waals surface area (Å²) >= 11 is 0. The summed E-state index contributed by atoms with van der Waals surface area (Å²) in [6, 6.07) is 0. The molecule has 0 radical (unpaired) electrons. The lowest BCUT2D eigenvalue weighted by molar-refractivity contribution is -0.910. The summed E-state index contributed by atoms with van der Waals surface area (Å²) in [4.78, 5) is 8.25. The van der Waals surface area contributed by atoms with Crippen LogP contribution in [0.2, 0.25) is 0 Å². The first-order chi connectivity index (χ1) is 15.6. The lowest BCUT2D eigenvalue weighted by Crippen LogP contribution is -2.47. The zero-order valence-electron chi connectivity index (χ0n) is 22.3. The molecule has 0 spiro atoms. The Morgan fingerprint density at radius 2 is 0.812 bits per heavy atom. The highest BCUT2D eigenvalue weighted by Crippen LogP contribution is 2.15. The van der Waals surface area contributed by atoms with Crippen molar-refractivity contribution in [1.82, 2.24) is 0 Å². The SMILES string of the molecule is CCCCCCCCCCCC[N+](C)(CCO)CCCCCCCCCCCC.O=C[O-]. The first-order valence-corrected chi connectivity index (χ1v) is 14.1. The second-order valence-corrected chi connectivity index (χ2v) is 9.97. The Morgan fingerprint density at radius 1 is 0.562 bits per heavy atom. The standard InChI is InChI=1S/C27H58NO.CH2O2/c1-4-6-8-10-12-14-16-18-20-22-24-28(3,26-27-29)25-23-21-19-17-15-13-11-9-7-5-2;2-1-3/h29H,4-27H2,1-3H3;1H,(H,2,3)/q+1;/p-1. The van der Waals surface area contributed by atoms with E-state index >= 15 is 0 Å². The van der Waals surface area contributed by atoms with Gasteiger partial charge in [0.1, 0.15) is 6.54 Å². The number of aliphatic hydroxyl groups excluding tert-OH is 1. The van der Waals surface area contributed by atoms with Crippen LogP contribution in [0.25, 0.3) is 0 Å². The fourth-order valence-corrected chi connectivity index (χ4v) is 4.54. The number of rotatable bonds is 24. The van der Waals surface area contributed by atoms with Gasteiger partial charge >= 0.3 is 0 Å². The van der Waals surface area contributed by atoms with Gasteiger partial charge < -0.3 is 19.5 Å². The normalized spacial score (nSPS) is 11.2. The van der Waals surface area contributed by atoms with Crippen LogP contribution in [0.3, 0.4) is 0 Å². The molecular weight excluding hydrogens is 398 g/mol. The molecule has 0 bridgehead atoms. The third-order valence-electron chi connectivity index (χ3n) is 6.74. The van der Waals surface area contributed by atoms with Crippen LogP contribution in [0.15, 0.2) is 0 Å². The maximum absolute atomic E-state index is 9.51. The van der Waals surface area contributed by atoms with E-state index in [2.05, 4.69) is 20.9 Å². The van der Waals surface area contributed by atoms with Gasteiger partial charge in [0.05, 0.1) is 26.7 Å². The number of likely N-dealkylation sites (N-methyl/N-ethyl adjacent to an activating group) is 1. The average Bonchev–Trinajstić information content (AvgIpc) is 2.77. The van der Waals surface area contributed by atoms with Gasteiger partial charge in [-0.15, -0.1) is 0 Å². The van der Waals surface area contributed by atoms with E-state index in [1.54, 1.807) is 0 Å². The number of carbonyl (C=O) groups excluding carboxylic acids is 1. The van der Waals surface area contributed by atoms with Crippen LogP contribution < -0.4 is 5.11 Å². The number of quaternary nitrogens is 1. The summed E-state index contributed by atoms with van der Waals surface area (Å²) in [6.07, 6.45) is 28.2. The minimum atomic E-state index is -0.500. The molecule has 0 aromatic rings. The molecule has 0 heterocycles. The van der Waals surface area contributed by atoms with Crippen molar-refractivity contribution in [3.8, 4) is 0 Å². The van der Waals surface area contributed by atoms with Crippen LogP contribution in [0.1, 0.15) is 142 Å². The predicted octanol–water partition coefficient (Wildman–Crippen LogP) is 6.63. The van der Waals surface area contributed by atoms with Crippen molar-refractivity contribution in [2.45, 2.75) is 142 Å². The Bertz CT molecular complexity index is 326. The monoisotopic (exact) mass is 457 g/mol. The van der Waals surface area contributed by atoms with E-state index in [9.17, 15) is 5.11 Å². The van der Waals surface area contributed by atoms with Crippen LogP contribution in [0.5, 0.6) is 0 Å². The number of aliphatic hydroxyl groups is 1. The second kappa shape index (κ2) is 28.4. The van der Waals surface area contributed by atoms with Crippen molar-refractivity contribution < 1.29 is 19.5 Å². The molecule has 1 N–H and O–H groups in total. The van der Waals surface area contributed by atoms with Gasteiger partial charge in [0, 0.05) is 6.47 Å². The molecular formula is C28H59NO3. The Hall–Kier alpha value is -0.610. The number of unbranched alkanes of at least 4 members (excludes halogenated alkanes) is 18. The van der Waals surface area contributed by atoms with Gasteiger partial charge in [0.25, 0.3) is 0 Å². The third-order valence-corrected chi connectivity index (χ3v) is 6.74. The van der Waals surface area contributed by atoms with E-state index in [0.717, 1.165) is 11.0 Å². The molecule has 0 atom stereocenters. The van der Waals surface area contributed by atoms with Crippen LogP contribution >= 0.6 is 0 Å². The van der Waals surface area contributed by atoms with E-state index in [4.69, 9.17) is 9.90 Å². The Morgan fingerprint density at radius 3 is 1.06 bits per heavy atom. The second-order valence-electron chi connectivity index (χ2n) is 9.97. The largest absolute Gasteiger partial charge is 0.554 e. The van der Waals surface area contributed by atoms with E-state index in [-0.39, 0.29) is 0 Å². The molecule has 0 aromatic carbocycles. The minimum absolute atomic E-state index is 0.339. The summed E-state index contributed by atoms with van der Waals surface area (Å²) in [5, 5.41) is 17.8. The summed E-state index contributed by atoms with van der Waals surface area (Å²) in [5.74, 6) is 0. The molecule has 4 heteroatoms. The first kappa shape index (κ1) is 33.6. The summed E-state index contributed by atoms with van der Waals surface area (Å²) < 4.78 is 1.09. The Balaban J connectivity index is 0. The van der Waals surface area contributed by atoms with E-state index in [0.29, 0.717) is 6.61 Å². The molecule has 0 fully saturated rings. The van der Waals surface area contributed by atoms with E-state index in [1.165, 1.54) is 142 Å². The molecule has 0 unspecified atom stereocenters. The Labute approximate surface area is 201 Å². The average molecular weight is 458 g/mol. The molecule has 0 aliphatic heterocycles. The van der Waals surface area contributed by atoms with Gasteiger partial charge in [-0.05, 0) is 25.7 Å². The van der Waals surface area contributed by atoms with Crippen LogP contribution in [0.4, 0.5) is 0 Å². The zero-order chi connectivity index (χ0) is 24.2. The van der Waals surface area contributed by atoms with Crippen molar-refractivity contribution >= 4 is 6.47 Å². The number of carbonyl (C=O) groups is 1. The highest BCUT2D eigenvalue weighted by atomic mass is 16.3. The van der Waals surface area contributed by atoms with Crippen molar-refractivity contribution in [3.63, 3.8) is 0 Å². The first-order valence-electron chi connectivity index (χ1n) is 14.1. The fourth-order valence-electron chi connectivity index (χ4n) is 4.54. The molecule has 0 saturated heterocycles.